The monoisotopic (exact) mass is 741 g/mol. The van der Waals surface area contributed by atoms with Crippen molar-refractivity contribution in [1.29, 1.82) is 0 Å². The number of nitrogens with zero attached hydrogens (tertiary/aromatic N) is 3. The van der Waals surface area contributed by atoms with Crippen molar-refractivity contribution in [2.75, 3.05) is 20.1 Å². The van der Waals surface area contributed by atoms with E-state index in [0.29, 0.717) is 30.8 Å². The number of piperidine rings is 1. The zero-order valence-electron chi connectivity index (χ0n) is 31.6. The Kier molecular flexibility index (Phi) is 16.7. The van der Waals surface area contributed by atoms with Gasteiger partial charge in [0.1, 0.15) is 28.6 Å². The lowest BCUT2D eigenvalue weighted by Crippen LogP contribution is -2.58. The maximum Gasteiger partial charge on any atom is 0.306 e. The van der Waals surface area contributed by atoms with Gasteiger partial charge in [-0.25, -0.2) is 4.98 Å². The molecule has 7 atom stereocenters. The molecular formula is C39H59N5O7S. The SMILES string of the molecule is C=CCCN(C(=O)[C@@H](NC(=O)[C@H]1CCCCN1C)C(C)CC)[C@H](C[C@@H](O)c1nc(C(=O)N[C@@H](Cc2ccc(O)cc2)C[C@H](C)C(=O)O)cs1)C(C)C. The minimum absolute atomic E-state index is 0.0548. The quantitative estimate of drug-likeness (QED) is 0.115. The highest BCUT2D eigenvalue weighted by Crippen LogP contribution is 2.29. The number of amides is 3. The second-order valence-corrected chi connectivity index (χ2v) is 15.5. The molecule has 0 radical (unpaired) electrons. The van der Waals surface area contributed by atoms with E-state index in [2.05, 4.69) is 27.1 Å². The van der Waals surface area contributed by atoms with Crippen LogP contribution in [0.25, 0.3) is 0 Å². The molecule has 1 fully saturated rings. The topological polar surface area (TPSA) is 172 Å². The molecule has 0 aliphatic carbocycles. The lowest BCUT2D eigenvalue weighted by atomic mass is 9.92. The summed E-state index contributed by atoms with van der Waals surface area (Å²) in [5, 5.41) is 38.6. The number of carbonyl (C=O) groups excluding carboxylic acids is 3. The number of aliphatic hydroxyl groups is 1. The number of nitrogens with one attached hydrogen (secondary N) is 2. The molecule has 3 rings (SSSR count). The predicted octanol–water partition coefficient (Wildman–Crippen LogP) is 5.17. The molecule has 2 aromatic rings. The summed E-state index contributed by atoms with van der Waals surface area (Å²) in [5.74, 6) is -2.57. The second-order valence-electron chi connectivity index (χ2n) is 14.6. The summed E-state index contributed by atoms with van der Waals surface area (Å²) in [4.78, 5) is 61.3. The summed E-state index contributed by atoms with van der Waals surface area (Å²) in [7, 11) is 1.94. The third-order valence-electron chi connectivity index (χ3n) is 10.2. The van der Waals surface area contributed by atoms with E-state index in [-0.39, 0.29) is 54.0 Å². The van der Waals surface area contributed by atoms with Crippen LogP contribution in [0.3, 0.4) is 0 Å². The first-order valence-electron chi connectivity index (χ1n) is 18.5. The van der Waals surface area contributed by atoms with Crippen molar-refractivity contribution in [1.82, 2.24) is 25.4 Å². The number of aliphatic carboxylic acids is 1. The van der Waals surface area contributed by atoms with Gasteiger partial charge in [0, 0.05) is 30.4 Å². The number of likely N-dealkylation sites (N-methyl/N-ethyl adjacent to an activating group) is 1. The second kappa shape index (κ2) is 20.4. The van der Waals surface area contributed by atoms with Gasteiger partial charge < -0.3 is 30.9 Å². The van der Waals surface area contributed by atoms with E-state index in [0.717, 1.165) is 42.7 Å². The third kappa shape index (κ3) is 12.1. The Hall–Kier alpha value is -3.81. The molecule has 1 aromatic carbocycles. The molecule has 0 bridgehead atoms. The molecule has 1 aliphatic rings. The van der Waals surface area contributed by atoms with E-state index in [1.165, 1.54) is 12.1 Å². The molecule has 0 saturated carbocycles. The minimum Gasteiger partial charge on any atom is -0.508 e. The fourth-order valence-electron chi connectivity index (χ4n) is 6.72. The minimum atomic E-state index is -1.08. The van der Waals surface area contributed by atoms with Crippen molar-refractivity contribution in [3.8, 4) is 5.75 Å². The van der Waals surface area contributed by atoms with Crippen LogP contribution in [0.4, 0.5) is 0 Å². The third-order valence-corrected chi connectivity index (χ3v) is 11.1. The highest BCUT2D eigenvalue weighted by Gasteiger charge is 2.38. The average molecular weight is 742 g/mol. The number of aromatic nitrogens is 1. The normalized spacial score (nSPS) is 18.4. The van der Waals surface area contributed by atoms with E-state index >= 15 is 0 Å². The first kappa shape index (κ1) is 42.6. The van der Waals surface area contributed by atoms with Gasteiger partial charge in [-0.15, -0.1) is 17.9 Å². The first-order chi connectivity index (χ1) is 24.7. The van der Waals surface area contributed by atoms with E-state index < -0.39 is 42.0 Å². The Morgan fingerprint density at radius 2 is 1.79 bits per heavy atom. The van der Waals surface area contributed by atoms with Gasteiger partial charge in [0.2, 0.25) is 11.8 Å². The highest BCUT2D eigenvalue weighted by molar-refractivity contribution is 7.09. The van der Waals surface area contributed by atoms with Crippen LogP contribution in [0.5, 0.6) is 5.75 Å². The highest BCUT2D eigenvalue weighted by atomic mass is 32.1. The Balaban J connectivity index is 1.80. The lowest BCUT2D eigenvalue weighted by Gasteiger charge is -2.40. The first-order valence-corrected chi connectivity index (χ1v) is 19.4. The van der Waals surface area contributed by atoms with Crippen molar-refractivity contribution in [3.05, 3.63) is 58.6 Å². The summed E-state index contributed by atoms with van der Waals surface area (Å²) in [6.07, 6.45) is 5.35. The van der Waals surface area contributed by atoms with Crippen molar-refractivity contribution in [3.63, 3.8) is 0 Å². The van der Waals surface area contributed by atoms with Crippen LogP contribution in [0, 0.1) is 17.8 Å². The maximum atomic E-state index is 14.4. The molecular weight excluding hydrogens is 683 g/mol. The van der Waals surface area contributed by atoms with Crippen LogP contribution < -0.4 is 10.6 Å². The van der Waals surface area contributed by atoms with Crippen LogP contribution in [0.1, 0.15) is 107 Å². The Morgan fingerprint density at radius 1 is 1.10 bits per heavy atom. The van der Waals surface area contributed by atoms with Crippen molar-refractivity contribution < 1.29 is 34.5 Å². The fourth-order valence-corrected chi connectivity index (χ4v) is 7.51. The molecule has 288 valence electrons. The standard InChI is InChI=1S/C39H59N5O7S/c1-8-10-19-44(38(49)34(25(5)9-2)42-36(48)31-13-11-12-18-43(31)7)32(24(3)4)22-33(46)37-41-30(23-52-37)35(47)40-28(20-26(6)39(50)51)21-27-14-16-29(45)17-15-27/h8,14-17,23-26,28,31-34,45-46H,1,9-13,18-22H2,2-7H3,(H,40,47)(H,42,48)(H,50,51)/t25?,26-,28+,31+,32+,33+,34-/m0/s1. The van der Waals surface area contributed by atoms with Gasteiger partial charge in [0.25, 0.3) is 5.91 Å². The van der Waals surface area contributed by atoms with Crippen molar-refractivity contribution >= 4 is 35.0 Å². The van der Waals surface area contributed by atoms with Crippen LogP contribution in [0.15, 0.2) is 42.3 Å². The summed E-state index contributed by atoms with van der Waals surface area (Å²) in [6, 6.07) is 4.58. The number of aromatic hydroxyl groups is 1. The molecule has 2 heterocycles. The van der Waals surface area contributed by atoms with Gasteiger partial charge in [0.05, 0.1) is 12.0 Å². The molecule has 3 amide bonds. The van der Waals surface area contributed by atoms with Crippen LogP contribution in [0.2, 0.25) is 0 Å². The zero-order valence-corrected chi connectivity index (χ0v) is 32.4. The number of thiazole rings is 1. The maximum absolute atomic E-state index is 14.4. The van der Waals surface area contributed by atoms with Gasteiger partial charge in [-0.3, -0.25) is 24.1 Å². The van der Waals surface area contributed by atoms with E-state index in [4.69, 9.17) is 0 Å². The number of phenols is 1. The smallest absolute Gasteiger partial charge is 0.306 e. The fraction of sp³-hybridized carbons (Fsp3) is 0.615. The van der Waals surface area contributed by atoms with Gasteiger partial charge in [-0.1, -0.05) is 65.7 Å². The summed E-state index contributed by atoms with van der Waals surface area (Å²) < 4.78 is 0. The number of hydrogen-bond acceptors (Lipinski definition) is 9. The molecule has 52 heavy (non-hydrogen) atoms. The molecule has 5 N–H and O–H groups in total. The number of carboxylic acid groups (broad SMARTS) is 1. The average Bonchev–Trinajstić information content (AvgIpc) is 3.61. The molecule has 12 nitrogen and oxygen atoms in total. The van der Waals surface area contributed by atoms with Gasteiger partial charge in [-0.2, -0.15) is 0 Å². The Labute approximate surface area is 312 Å². The molecule has 1 unspecified atom stereocenters. The molecule has 1 aromatic heterocycles. The number of hydrogen-bond donors (Lipinski definition) is 5. The van der Waals surface area contributed by atoms with E-state index in [9.17, 15) is 34.5 Å². The Bertz CT molecular complexity index is 1480. The summed E-state index contributed by atoms with van der Waals surface area (Å²) in [6.45, 7) is 14.6. The van der Waals surface area contributed by atoms with Gasteiger partial charge >= 0.3 is 5.97 Å². The predicted molar refractivity (Wildman–Crippen MR) is 203 cm³/mol. The summed E-state index contributed by atoms with van der Waals surface area (Å²) >= 11 is 1.14. The van der Waals surface area contributed by atoms with Crippen LogP contribution in [-0.4, -0.2) is 98.1 Å². The van der Waals surface area contributed by atoms with Crippen LogP contribution >= 0.6 is 11.3 Å². The zero-order chi connectivity index (χ0) is 38.5. The molecule has 0 spiro atoms. The van der Waals surface area contributed by atoms with Gasteiger partial charge in [0.15, 0.2) is 0 Å². The van der Waals surface area contributed by atoms with E-state index in [1.54, 1.807) is 35.4 Å². The van der Waals surface area contributed by atoms with Gasteiger partial charge in [-0.05, 0) is 75.2 Å². The lowest BCUT2D eigenvalue weighted by molar-refractivity contribution is -0.142. The number of phenolic OH excluding ortho intramolecular Hbond substituents is 1. The summed E-state index contributed by atoms with van der Waals surface area (Å²) in [5.41, 5.74) is 0.924. The van der Waals surface area contributed by atoms with Crippen molar-refractivity contribution in [2.24, 2.45) is 17.8 Å². The molecule has 1 saturated heterocycles. The van der Waals surface area contributed by atoms with Crippen LogP contribution in [-0.2, 0) is 20.8 Å². The molecule has 13 heteroatoms. The number of aliphatic hydroxyl groups excluding tert-OH is 1. The number of carboxylic acids is 1. The number of carbonyl (C=O) groups is 4. The molecule has 1 aliphatic heterocycles. The number of rotatable bonds is 20. The van der Waals surface area contributed by atoms with E-state index in [1.807, 2.05) is 34.7 Å². The number of benzene rings is 1. The Morgan fingerprint density at radius 3 is 2.38 bits per heavy atom. The van der Waals surface area contributed by atoms with Crippen molar-refractivity contribution in [2.45, 2.75) is 116 Å². The largest absolute Gasteiger partial charge is 0.508 e. The number of likely N-dealkylation sites (tertiary alicyclic amines) is 1.